The third-order valence-corrected chi connectivity index (χ3v) is 10.2. The van der Waals surface area contributed by atoms with Gasteiger partial charge in [0.1, 0.15) is 11.6 Å². The van der Waals surface area contributed by atoms with Crippen molar-refractivity contribution >= 4 is 46.7 Å². The van der Waals surface area contributed by atoms with E-state index in [4.69, 9.17) is 11.6 Å². The monoisotopic (exact) mass is 649 g/mol. The van der Waals surface area contributed by atoms with Crippen molar-refractivity contribution in [2.75, 3.05) is 38.5 Å². The molecule has 3 N–H and O–H groups in total. The second-order valence-electron chi connectivity index (χ2n) is 12.7. The number of anilines is 1. The van der Waals surface area contributed by atoms with Crippen molar-refractivity contribution in [3.63, 3.8) is 0 Å². The van der Waals surface area contributed by atoms with Gasteiger partial charge in [-0.05, 0) is 113 Å². The predicted molar refractivity (Wildman–Crippen MR) is 175 cm³/mol. The molecule has 1 aromatic heterocycles. The number of piperidine rings is 2. The van der Waals surface area contributed by atoms with E-state index < -0.39 is 24.1 Å². The molecule has 0 unspecified atom stereocenters. The van der Waals surface area contributed by atoms with Crippen LogP contribution in [0.1, 0.15) is 74.5 Å². The number of fused-ring (bicyclic) bond motifs is 1. The maximum atomic E-state index is 14.3. The van der Waals surface area contributed by atoms with Crippen LogP contribution in [-0.2, 0) is 11.3 Å². The molecule has 3 aliphatic rings. The predicted octanol–water partition coefficient (Wildman–Crippen LogP) is 6.18. The number of aromatic amines is 1. The topological polar surface area (TPSA) is 97.5 Å². The molecule has 3 aromatic rings. The Bertz CT molecular complexity index is 1740. The molecule has 0 bridgehead atoms. The van der Waals surface area contributed by atoms with Crippen LogP contribution in [0.2, 0.25) is 5.02 Å². The maximum Gasteiger partial charge on any atom is 0.256 e. The molecular weight excluding hydrogens is 612 g/mol. The van der Waals surface area contributed by atoms with E-state index in [2.05, 4.69) is 27.6 Å². The van der Waals surface area contributed by atoms with Gasteiger partial charge >= 0.3 is 0 Å². The van der Waals surface area contributed by atoms with Gasteiger partial charge in [-0.1, -0.05) is 11.6 Å². The van der Waals surface area contributed by atoms with Gasteiger partial charge in [-0.3, -0.25) is 14.4 Å². The quantitative estimate of drug-likeness (QED) is 0.220. The molecule has 2 fully saturated rings. The lowest BCUT2D eigenvalue weighted by molar-refractivity contribution is -0.110. The van der Waals surface area contributed by atoms with Gasteiger partial charge in [-0.2, -0.15) is 0 Å². The Labute approximate surface area is 272 Å². The van der Waals surface area contributed by atoms with E-state index in [-0.39, 0.29) is 28.0 Å². The van der Waals surface area contributed by atoms with Gasteiger partial charge in [0.2, 0.25) is 0 Å². The number of likely N-dealkylation sites (tertiary alicyclic amines) is 2. The maximum absolute atomic E-state index is 14.3. The minimum absolute atomic E-state index is 0.000496. The Morgan fingerprint density at radius 1 is 1.02 bits per heavy atom. The van der Waals surface area contributed by atoms with E-state index in [0.717, 1.165) is 68.3 Å². The highest BCUT2D eigenvalue weighted by Crippen LogP contribution is 2.36. The smallest absolute Gasteiger partial charge is 0.256 e. The summed E-state index contributed by atoms with van der Waals surface area (Å²) in [5.74, 6) is -1.25. The van der Waals surface area contributed by atoms with Crippen molar-refractivity contribution in [1.29, 1.82) is 0 Å². The standard InChI is InChI=1S/C35H38ClF2N5O3/c1-19-30(40-20(2)31(19)35(46)43-14-10-22(11-15-43)21-8-12-42(3)13-9-21)17-25-24-16-23(4-7-29(24)41-34(25)45)33(44)39-18-26-28(37)6-5-27(36)32(26)38/h4-7,16-17,21-22,40H,8-15,18H2,1-3H3,(H,39,44)(H,41,45)/b25-17-. The minimum Gasteiger partial charge on any atom is -0.358 e. The summed E-state index contributed by atoms with van der Waals surface area (Å²) in [7, 11) is 2.18. The summed E-state index contributed by atoms with van der Waals surface area (Å²) >= 11 is 5.77. The van der Waals surface area contributed by atoms with Crippen LogP contribution >= 0.6 is 11.6 Å². The fourth-order valence-electron chi connectivity index (χ4n) is 7.09. The van der Waals surface area contributed by atoms with Crippen molar-refractivity contribution in [2.24, 2.45) is 11.8 Å². The minimum atomic E-state index is -0.928. The Morgan fingerprint density at radius 3 is 2.39 bits per heavy atom. The molecule has 11 heteroatoms. The number of carbonyl (C=O) groups excluding carboxylic acids is 3. The number of nitrogens with zero attached hydrogens (tertiary/aromatic N) is 2. The molecular formula is C35H38ClF2N5O3. The van der Waals surface area contributed by atoms with Gasteiger partial charge in [-0.15, -0.1) is 0 Å². The van der Waals surface area contributed by atoms with Crippen LogP contribution in [0.15, 0.2) is 30.3 Å². The zero-order chi connectivity index (χ0) is 32.7. The van der Waals surface area contributed by atoms with Crippen LogP contribution in [0.25, 0.3) is 11.6 Å². The van der Waals surface area contributed by atoms with Crippen LogP contribution < -0.4 is 10.6 Å². The fraction of sp³-hybridized carbons (Fsp3) is 0.400. The summed E-state index contributed by atoms with van der Waals surface area (Å²) in [6.45, 7) is 7.12. The molecule has 0 spiro atoms. The summed E-state index contributed by atoms with van der Waals surface area (Å²) in [6.07, 6.45) is 6.21. The zero-order valence-electron chi connectivity index (χ0n) is 26.2. The lowest BCUT2D eigenvalue weighted by Crippen LogP contribution is -2.42. The van der Waals surface area contributed by atoms with Gasteiger partial charge in [-0.25, -0.2) is 8.78 Å². The first kappa shape index (κ1) is 31.9. The van der Waals surface area contributed by atoms with E-state index in [9.17, 15) is 23.2 Å². The number of benzene rings is 2. The van der Waals surface area contributed by atoms with Gasteiger partial charge < -0.3 is 25.4 Å². The van der Waals surface area contributed by atoms with Gasteiger partial charge in [0.15, 0.2) is 0 Å². The largest absolute Gasteiger partial charge is 0.358 e. The number of amides is 3. The van der Waals surface area contributed by atoms with E-state index in [0.29, 0.717) is 34.0 Å². The fourth-order valence-corrected chi connectivity index (χ4v) is 7.27. The van der Waals surface area contributed by atoms with E-state index >= 15 is 0 Å². The van der Waals surface area contributed by atoms with E-state index in [1.54, 1.807) is 18.2 Å². The van der Waals surface area contributed by atoms with Crippen LogP contribution in [0.4, 0.5) is 14.5 Å². The Balaban J connectivity index is 1.17. The highest BCUT2D eigenvalue weighted by atomic mass is 35.5. The summed E-state index contributed by atoms with van der Waals surface area (Å²) < 4.78 is 28.5. The normalized spacial score (nSPS) is 18.6. The van der Waals surface area contributed by atoms with Crippen LogP contribution in [0.3, 0.4) is 0 Å². The van der Waals surface area contributed by atoms with Gasteiger partial charge in [0, 0.05) is 53.4 Å². The van der Waals surface area contributed by atoms with E-state index in [1.165, 1.54) is 18.9 Å². The number of aromatic nitrogens is 1. The van der Waals surface area contributed by atoms with Crippen molar-refractivity contribution in [1.82, 2.24) is 20.1 Å². The molecule has 4 heterocycles. The van der Waals surface area contributed by atoms with Gasteiger partial charge in [0.05, 0.1) is 16.2 Å². The number of hydrogen-bond donors (Lipinski definition) is 3. The van der Waals surface area contributed by atoms with Gasteiger partial charge in [0.25, 0.3) is 17.7 Å². The highest BCUT2D eigenvalue weighted by molar-refractivity contribution is 6.35. The lowest BCUT2D eigenvalue weighted by Gasteiger charge is -2.39. The van der Waals surface area contributed by atoms with Crippen molar-refractivity contribution in [2.45, 2.75) is 46.1 Å². The summed E-state index contributed by atoms with van der Waals surface area (Å²) in [5.41, 5.74) is 3.99. The van der Waals surface area contributed by atoms with Crippen molar-refractivity contribution in [3.05, 3.63) is 86.2 Å². The Morgan fingerprint density at radius 2 is 1.70 bits per heavy atom. The van der Waals surface area contributed by atoms with Crippen molar-refractivity contribution < 1.29 is 23.2 Å². The Hall–Kier alpha value is -4.02. The molecule has 6 rings (SSSR count). The van der Waals surface area contributed by atoms with Crippen LogP contribution in [-0.4, -0.2) is 65.7 Å². The third kappa shape index (κ3) is 6.20. The molecule has 0 atom stereocenters. The number of carbonyl (C=O) groups is 3. The SMILES string of the molecule is Cc1[nH]c(/C=C2\C(=O)Nc3ccc(C(=O)NCc4c(F)ccc(Cl)c4F)cc32)c(C)c1C(=O)N1CCC(C2CCN(C)CC2)CC1. The summed E-state index contributed by atoms with van der Waals surface area (Å²) in [5, 5.41) is 5.10. The van der Waals surface area contributed by atoms with E-state index in [1.807, 2.05) is 18.7 Å². The summed E-state index contributed by atoms with van der Waals surface area (Å²) in [4.78, 5) is 47.4. The molecule has 3 amide bonds. The Kier molecular flexibility index (Phi) is 9.03. The zero-order valence-corrected chi connectivity index (χ0v) is 27.0. The third-order valence-electron chi connectivity index (χ3n) is 9.86. The van der Waals surface area contributed by atoms with Crippen molar-refractivity contribution in [3.8, 4) is 0 Å². The van der Waals surface area contributed by atoms with Crippen LogP contribution in [0, 0.1) is 37.3 Å². The second-order valence-corrected chi connectivity index (χ2v) is 13.1. The highest BCUT2D eigenvalue weighted by Gasteiger charge is 2.32. The number of halogens is 3. The molecule has 2 saturated heterocycles. The average molecular weight is 650 g/mol. The number of hydrogen-bond acceptors (Lipinski definition) is 4. The van der Waals surface area contributed by atoms with Crippen LogP contribution in [0.5, 0.6) is 0 Å². The number of rotatable bonds is 6. The number of H-pyrrole nitrogens is 1. The molecule has 2 aromatic carbocycles. The first-order valence-electron chi connectivity index (χ1n) is 15.8. The number of nitrogens with one attached hydrogen (secondary N) is 3. The number of aryl methyl sites for hydroxylation is 1. The molecule has 3 aliphatic heterocycles. The lowest BCUT2D eigenvalue weighted by atomic mass is 9.79. The average Bonchev–Trinajstić information content (AvgIpc) is 3.51. The second kappa shape index (κ2) is 13.0. The summed E-state index contributed by atoms with van der Waals surface area (Å²) in [6, 6.07) is 6.85. The molecule has 0 aliphatic carbocycles. The molecule has 0 radical (unpaired) electrons. The molecule has 242 valence electrons. The first-order valence-corrected chi connectivity index (χ1v) is 16.1. The molecule has 46 heavy (non-hydrogen) atoms. The molecule has 8 nitrogen and oxygen atoms in total. The molecule has 0 saturated carbocycles. The first-order chi connectivity index (χ1) is 22.0.